The number of aromatic nitrogens is 2. The Morgan fingerprint density at radius 3 is 2.48 bits per heavy atom. The van der Waals surface area contributed by atoms with E-state index >= 15 is 0 Å². The van der Waals surface area contributed by atoms with Gasteiger partial charge in [0.2, 0.25) is 0 Å². The molecule has 0 bridgehead atoms. The van der Waals surface area contributed by atoms with Gasteiger partial charge in [-0.2, -0.15) is 0 Å². The maximum absolute atomic E-state index is 6.18. The quantitative estimate of drug-likeness (QED) is 0.754. The molecule has 0 saturated carbocycles. The molecule has 2 rings (SSSR count). The summed E-state index contributed by atoms with van der Waals surface area (Å²) in [7, 11) is 0. The first-order chi connectivity index (χ1) is 10.1. The molecule has 4 nitrogen and oxygen atoms in total. The molecular weight excluding hydrogens is 327 g/mol. The molecule has 0 aromatic carbocycles. The molecule has 0 spiro atoms. The summed E-state index contributed by atoms with van der Waals surface area (Å²) >= 11 is 14.0. The van der Waals surface area contributed by atoms with E-state index in [2.05, 4.69) is 34.4 Å². The van der Waals surface area contributed by atoms with Gasteiger partial charge in [-0.1, -0.05) is 37.0 Å². The first-order valence-electron chi connectivity index (χ1n) is 6.91. The van der Waals surface area contributed by atoms with Gasteiger partial charge in [0.1, 0.15) is 16.6 Å². The minimum atomic E-state index is 0.509. The lowest BCUT2D eigenvalue weighted by Gasteiger charge is -2.11. The predicted molar refractivity (Wildman–Crippen MR) is 91.9 cm³/mol. The number of nitrogens with one attached hydrogen (secondary N) is 2. The molecule has 114 valence electrons. The van der Waals surface area contributed by atoms with Gasteiger partial charge in [0.05, 0.1) is 16.6 Å². The average Bonchev–Trinajstić information content (AvgIpc) is 2.93. The van der Waals surface area contributed by atoms with E-state index in [9.17, 15) is 0 Å². The fraction of sp³-hybridized carbons (Fsp3) is 0.429. The van der Waals surface area contributed by atoms with Gasteiger partial charge in [0, 0.05) is 17.6 Å². The van der Waals surface area contributed by atoms with Gasteiger partial charge >= 0.3 is 0 Å². The summed E-state index contributed by atoms with van der Waals surface area (Å²) in [6.07, 6.45) is 3.91. The van der Waals surface area contributed by atoms with E-state index in [1.54, 1.807) is 17.4 Å². The molecule has 0 radical (unpaired) electrons. The third-order valence-corrected chi connectivity index (χ3v) is 4.55. The van der Waals surface area contributed by atoms with Gasteiger partial charge in [-0.05, 0) is 18.9 Å². The van der Waals surface area contributed by atoms with Crippen LogP contribution in [0, 0.1) is 0 Å². The summed E-state index contributed by atoms with van der Waals surface area (Å²) in [6, 6.07) is 1.70. The first-order valence-corrected chi connectivity index (χ1v) is 8.48. The highest BCUT2D eigenvalue weighted by atomic mass is 35.5. The fourth-order valence-corrected chi connectivity index (χ4v) is 3.00. The Morgan fingerprint density at radius 1 is 1.14 bits per heavy atom. The number of aryl methyl sites for hydroxylation is 1. The minimum absolute atomic E-state index is 0.509. The molecule has 0 fully saturated rings. The van der Waals surface area contributed by atoms with Crippen molar-refractivity contribution in [3.8, 4) is 0 Å². The van der Waals surface area contributed by atoms with Gasteiger partial charge in [-0.15, -0.1) is 11.3 Å². The second-order valence-corrected chi connectivity index (χ2v) is 6.52. The number of rotatable bonds is 7. The van der Waals surface area contributed by atoms with Crippen LogP contribution in [0.4, 0.5) is 11.6 Å². The lowest BCUT2D eigenvalue weighted by atomic mass is 10.4. The number of nitrogens with zero attached hydrogens (tertiary/aromatic N) is 2. The van der Waals surface area contributed by atoms with Crippen molar-refractivity contribution < 1.29 is 0 Å². The maximum atomic E-state index is 6.18. The molecule has 7 heteroatoms. The van der Waals surface area contributed by atoms with Gasteiger partial charge in [-0.3, -0.25) is 0 Å². The molecule has 0 saturated heterocycles. The number of halogens is 2. The Kier molecular flexibility index (Phi) is 6.08. The molecule has 0 amide bonds. The van der Waals surface area contributed by atoms with Crippen LogP contribution >= 0.6 is 34.5 Å². The van der Waals surface area contributed by atoms with Crippen molar-refractivity contribution in [1.29, 1.82) is 0 Å². The Hall–Kier alpha value is -1.04. The van der Waals surface area contributed by atoms with Crippen molar-refractivity contribution in [2.45, 2.75) is 33.2 Å². The van der Waals surface area contributed by atoms with Crippen molar-refractivity contribution in [2.24, 2.45) is 0 Å². The number of anilines is 2. The molecule has 2 aromatic heterocycles. The van der Waals surface area contributed by atoms with Crippen LogP contribution < -0.4 is 10.6 Å². The molecule has 0 unspecified atom stereocenters. The molecule has 0 aliphatic carbocycles. The third-order valence-electron chi connectivity index (χ3n) is 2.83. The lowest BCUT2D eigenvalue weighted by Crippen LogP contribution is -2.07. The van der Waals surface area contributed by atoms with Crippen molar-refractivity contribution in [3.63, 3.8) is 0 Å². The van der Waals surface area contributed by atoms with E-state index in [0.717, 1.165) is 24.4 Å². The zero-order valence-electron chi connectivity index (χ0n) is 12.0. The normalized spacial score (nSPS) is 10.7. The number of thiazole rings is 1. The number of hydrogen-bond acceptors (Lipinski definition) is 5. The summed E-state index contributed by atoms with van der Waals surface area (Å²) in [5.74, 6) is 1.27. The van der Waals surface area contributed by atoms with Crippen LogP contribution in [0.25, 0.3) is 0 Å². The van der Waals surface area contributed by atoms with Crippen LogP contribution in [0.3, 0.4) is 0 Å². The van der Waals surface area contributed by atoms with Crippen molar-refractivity contribution in [2.75, 3.05) is 17.2 Å². The Balaban J connectivity index is 2.07. The molecule has 2 heterocycles. The van der Waals surface area contributed by atoms with E-state index in [1.807, 2.05) is 6.20 Å². The zero-order chi connectivity index (χ0) is 15.2. The smallest absolute Gasteiger partial charge is 0.147 e. The largest absolute Gasteiger partial charge is 0.369 e. The highest BCUT2D eigenvalue weighted by molar-refractivity contribution is 7.11. The van der Waals surface area contributed by atoms with E-state index in [1.165, 1.54) is 4.88 Å². The average molecular weight is 345 g/mol. The van der Waals surface area contributed by atoms with E-state index in [4.69, 9.17) is 23.2 Å². The molecule has 2 aromatic rings. The molecule has 0 aliphatic heterocycles. The summed E-state index contributed by atoms with van der Waals surface area (Å²) in [6.45, 7) is 5.63. The first kappa shape index (κ1) is 16.3. The SMILES string of the molecule is CCCNc1nc(NCc2ncc(CC)s2)c(Cl)cc1Cl. The van der Waals surface area contributed by atoms with Crippen molar-refractivity contribution in [1.82, 2.24) is 9.97 Å². The van der Waals surface area contributed by atoms with Gasteiger partial charge < -0.3 is 10.6 Å². The zero-order valence-corrected chi connectivity index (χ0v) is 14.4. The van der Waals surface area contributed by atoms with Gasteiger partial charge in [0.25, 0.3) is 0 Å². The summed E-state index contributed by atoms with van der Waals surface area (Å²) in [5, 5.41) is 8.46. The van der Waals surface area contributed by atoms with Gasteiger partial charge in [0.15, 0.2) is 0 Å². The second-order valence-electron chi connectivity index (χ2n) is 4.50. The summed E-state index contributed by atoms with van der Waals surface area (Å²) in [4.78, 5) is 10.1. The molecule has 21 heavy (non-hydrogen) atoms. The second kappa shape index (κ2) is 7.82. The number of hydrogen-bond donors (Lipinski definition) is 2. The number of pyridine rings is 1. The van der Waals surface area contributed by atoms with Crippen molar-refractivity contribution in [3.05, 3.63) is 32.2 Å². The van der Waals surface area contributed by atoms with E-state index in [0.29, 0.717) is 28.2 Å². The van der Waals surface area contributed by atoms with Crippen LogP contribution in [-0.4, -0.2) is 16.5 Å². The van der Waals surface area contributed by atoms with E-state index < -0.39 is 0 Å². The third kappa shape index (κ3) is 4.46. The Bertz CT molecular complexity index is 601. The van der Waals surface area contributed by atoms with Crippen LogP contribution in [-0.2, 0) is 13.0 Å². The van der Waals surface area contributed by atoms with Crippen LogP contribution in [0.1, 0.15) is 30.2 Å². The van der Waals surface area contributed by atoms with Gasteiger partial charge in [-0.25, -0.2) is 9.97 Å². The highest BCUT2D eigenvalue weighted by Gasteiger charge is 2.09. The predicted octanol–water partition coefficient (Wildman–Crippen LogP) is 4.84. The Morgan fingerprint density at radius 2 is 1.86 bits per heavy atom. The standard InChI is InChI=1S/C14H18Cl2N4S/c1-3-5-17-13-10(15)6-11(16)14(20-13)19-8-12-18-7-9(4-2)21-12/h6-7H,3-5,8H2,1-2H3,(H2,17,19,20). The lowest BCUT2D eigenvalue weighted by molar-refractivity contribution is 0.967. The van der Waals surface area contributed by atoms with Crippen LogP contribution in [0.2, 0.25) is 10.0 Å². The topological polar surface area (TPSA) is 49.8 Å². The molecule has 0 atom stereocenters. The molecule has 0 aliphatic rings. The summed E-state index contributed by atoms with van der Waals surface area (Å²) < 4.78 is 0. The Labute approximate surface area is 138 Å². The highest BCUT2D eigenvalue weighted by Crippen LogP contribution is 2.29. The maximum Gasteiger partial charge on any atom is 0.147 e. The summed E-state index contributed by atoms with van der Waals surface area (Å²) in [5.41, 5.74) is 0. The monoisotopic (exact) mass is 344 g/mol. The molecular formula is C14H18Cl2N4S. The van der Waals surface area contributed by atoms with E-state index in [-0.39, 0.29) is 0 Å². The minimum Gasteiger partial charge on any atom is -0.369 e. The van der Waals surface area contributed by atoms with Crippen LogP contribution in [0.5, 0.6) is 0 Å². The fourth-order valence-electron chi connectivity index (χ4n) is 1.71. The van der Waals surface area contributed by atoms with Crippen molar-refractivity contribution >= 4 is 46.2 Å². The molecule has 2 N–H and O–H groups in total. The van der Waals surface area contributed by atoms with Crippen LogP contribution in [0.15, 0.2) is 12.3 Å².